The second kappa shape index (κ2) is 6.02. The fourth-order valence-electron chi connectivity index (χ4n) is 3.57. The number of ether oxygens (including phenoxy) is 1. The first kappa shape index (κ1) is 12.4. The van der Waals surface area contributed by atoms with Crippen LogP contribution in [0.2, 0.25) is 0 Å². The summed E-state index contributed by atoms with van der Waals surface area (Å²) in [6.07, 6.45) is 7.02. The smallest absolute Gasteiger partial charge is 0.0622 e. The summed E-state index contributed by atoms with van der Waals surface area (Å²) in [5, 5.41) is 3.63. The molecular formula is C14H27NO. The minimum atomic E-state index is 0.629. The van der Waals surface area contributed by atoms with Crippen LogP contribution in [0.15, 0.2) is 0 Å². The van der Waals surface area contributed by atoms with Crippen molar-refractivity contribution in [2.45, 2.75) is 52.0 Å². The Labute approximate surface area is 100 Å². The second-order valence-electron chi connectivity index (χ2n) is 5.43. The molecule has 0 aromatic heterocycles. The third kappa shape index (κ3) is 2.78. The molecule has 2 nitrogen and oxygen atoms in total. The number of nitrogens with one attached hydrogen (secondary N) is 1. The van der Waals surface area contributed by atoms with Gasteiger partial charge in [-0.05, 0) is 43.6 Å². The largest absolute Gasteiger partial charge is 0.380 e. The van der Waals surface area contributed by atoms with Crippen LogP contribution in [0.5, 0.6) is 0 Å². The van der Waals surface area contributed by atoms with E-state index < -0.39 is 0 Å². The van der Waals surface area contributed by atoms with Gasteiger partial charge >= 0.3 is 0 Å². The van der Waals surface area contributed by atoms with Crippen LogP contribution in [-0.2, 0) is 4.74 Å². The second-order valence-corrected chi connectivity index (χ2v) is 5.43. The van der Waals surface area contributed by atoms with Gasteiger partial charge < -0.3 is 10.1 Å². The maximum absolute atomic E-state index is 5.74. The van der Waals surface area contributed by atoms with Gasteiger partial charge in [-0.3, -0.25) is 0 Å². The van der Waals surface area contributed by atoms with E-state index in [0.717, 1.165) is 43.9 Å². The molecule has 0 heterocycles. The summed E-state index contributed by atoms with van der Waals surface area (Å²) in [5.41, 5.74) is 0. The highest BCUT2D eigenvalue weighted by Gasteiger charge is 2.53. The predicted molar refractivity (Wildman–Crippen MR) is 67.5 cm³/mol. The number of fused-ring (bicyclic) bond motifs is 1. The fourth-order valence-corrected chi connectivity index (χ4v) is 3.57. The minimum absolute atomic E-state index is 0.629. The molecule has 16 heavy (non-hydrogen) atoms. The Hall–Kier alpha value is -0.0800. The molecule has 0 aromatic rings. The molecule has 0 aliphatic heterocycles. The lowest BCUT2D eigenvalue weighted by atomic mass is 10.0. The van der Waals surface area contributed by atoms with E-state index in [1.54, 1.807) is 0 Å². The average Bonchev–Trinajstić information content (AvgIpc) is 3.02. The molecule has 0 radical (unpaired) electrons. The van der Waals surface area contributed by atoms with Gasteiger partial charge in [0, 0.05) is 12.6 Å². The van der Waals surface area contributed by atoms with Crippen LogP contribution in [-0.4, -0.2) is 25.8 Å². The van der Waals surface area contributed by atoms with Gasteiger partial charge in [0.05, 0.1) is 6.61 Å². The molecule has 94 valence electrons. The highest BCUT2D eigenvalue weighted by Crippen LogP contribution is 2.56. The van der Waals surface area contributed by atoms with Crippen molar-refractivity contribution >= 4 is 0 Å². The molecule has 2 aliphatic rings. The Balaban J connectivity index is 1.78. The van der Waals surface area contributed by atoms with Crippen LogP contribution in [0.25, 0.3) is 0 Å². The zero-order chi connectivity index (χ0) is 11.4. The van der Waals surface area contributed by atoms with E-state index in [2.05, 4.69) is 19.2 Å². The van der Waals surface area contributed by atoms with E-state index >= 15 is 0 Å². The zero-order valence-electron chi connectivity index (χ0n) is 10.9. The molecule has 0 amide bonds. The molecule has 0 bridgehead atoms. The van der Waals surface area contributed by atoms with Crippen molar-refractivity contribution < 1.29 is 4.74 Å². The summed E-state index contributed by atoms with van der Waals surface area (Å²) >= 11 is 0. The molecule has 0 saturated heterocycles. The monoisotopic (exact) mass is 225 g/mol. The first-order chi connectivity index (χ1) is 7.88. The summed E-state index contributed by atoms with van der Waals surface area (Å²) < 4.78 is 5.74. The van der Waals surface area contributed by atoms with Crippen LogP contribution in [0.3, 0.4) is 0 Å². The van der Waals surface area contributed by atoms with Crippen molar-refractivity contribution in [1.29, 1.82) is 0 Å². The average molecular weight is 225 g/mol. The lowest BCUT2D eigenvalue weighted by molar-refractivity contribution is 0.103. The first-order valence-corrected chi connectivity index (χ1v) is 7.19. The zero-order valence-corrected chi connectivity index (χ0v) is 10.9. The SMILES string of the molecule is CCCOCC(NCC)C1C2CCCCC21. The maximum Gasteiger partial charge on any atom is 0.0622 e. The summed E-state index contributed by atoms with van der Waals surface area (Å²) in [4.78, 5) is 0. The highest BCUT2D eigenvalue weighted by molar-refractivity contribution is 5.04. The first-order valence-electron chi connectivity index (χ1n) is 7.19. The van der Waals surface area contributed by atoms with Crippen molar-refractivity contribution in [3.05, 3.63) is 0 Å². The van der Waals surface area contributed by atoms with E-state index in [4.69, 9.17) is 4.74 Å². The quantitative estimate of drug-likeness (QED) is 0.673. The van der Waals surface area contributed by atoms with Crippen LogP contribution in [0.4, 0.5) is 0 Å². The van der Waals surface area contributed by atoms with Crippen molar-refractivity contribution in [2.75, 3.05) is 19.8 Å². The summed E-state index contributed by atoms with van der Waals surface area (Å²) in [6, 6.07) is 0.629. The van der Waals surface area contributed by atoms with Crippen LogP contribution in [0, 0.1) is 17.8 Å². The lowest BCUT2D eigenvalue weighted by Crippen LogP contribution is -2.36. The van der Waals surface area contributed by atoms with E-state index in [-0.39, 0.29) is 0 Å². The fraction of sp³-hybridized carbons (Fsp3) is 1.00. The van der Waals surface area contributed by atoms with Gasteiger partial charge in [-0.15, -0.1) is 0 Å². The Bertz CT molecular complexity index is 195. The molecular weight excluding hydrogens is 198 g/mol. The van der Waals surface area contributed by atoms with Gasteiger partial charge in [-0.25, -0.2) is 0 Å². The Morgan fingerprint density at radius 3 is 2.44 bits per heavy atom. The number of hydrogen-bond acceptors (Lipinski definition) is 2. The molecule has 3 unspecified atom stereocenters. The normalized spacial score (nSPS) is 34.5. The van der Waals surface area contributed by atoms with Crippen molar-refractivity contribution in [2.24, 2.45) is 17.8 Å². The third-order valence-electron chi connectivity index (χ3n) is 4.30. The van der Waals surface area contributed by atoms with Crippen LogP contribution >= 0.6 is 0 Å². The lowest BCUT2D eigenvalue weighted by Gasteiger charge is -2.18. The van der Waals surface area contributed by atoms with E-state index in [0.29, 0.717) is 6.04 Å². The topological polar surface area (TPSA) is 21.3 Å². The van der Waals surface area contributed by atoms with E-state index in [9.17, 15) is 0 Å². The molecule has 2 heteroatoms. The highest BCUT2D eigenvalue weighted by atomic mass is 16.5. The van der Waals surface area contributed by atoms with Crippen molar-refractivity contribution in [3.63, 3.8) is 0 Å². The standard InChI is InChI=1S/C14H27NO/c1-3-9-16-10-13(15-4-2)14-11-7-5-6-8-12(11)14/h11-15H,3-10H2,1-2H3. The predicted octanol–water partition coefficient (Wildman–Crippen LogP) is 2.83. The van der Waals surface area contributed by atoms with Crippen molar-refractivity contribution in [3.8, 4) is 0 Å². The maximum atomic E-state index is 5.74. The molecule has 2 fully saturated rings. The third-order valence-corrected chi connectivity index (χ3v) is 4.30. The van der Waals surface area contributed by atoms with Gasteiger partial charge in [0.2, 0.25) is 0 Å². The van der Waals surface area contributed by atoms with Gasteiger partial charge in [0.15, 0.2) is 0 Å². The molecule has 0 spiro atoms. The molecule has 3 atom stereocenters. The summed E-state index contributed by atoms with van der Waals surface area (Å²) in [6.45, 7) is 7.32. The van der Waals surface area contributed by atoms with Crippen LogP contribution in [0.1, 0.15) is 46.0 Å². The Morgan fingerprint density at radius 1 is 1.19 bits per heavy atom. The minimum Gasteiger partial charge on any atom is -0.380 e. The van der Waals surface area contributed by atoms with Gasteiger partial charge in [-0.2, -0.15) is 0 Å². The Kier molecular flexibility index (Phi) is 4.66. The molecule has 2 saturated carbocycles. The summed E-state index contributed by atoms with van der Waals surface area (Å²) in [7, 11) is 0. The number of rotatable bonds is 7. The van der Waals surface area contributed by atoms with E-state index in [1.165, 1.54) is 25.7 Å². The van der Waals surface area contributed by atoms with Gasteiger partial charge in [0.25, 0.3) is 0 Å². The number of hydrogen-bond donors (Lipinski definition) is 1. The van der Waals surface area contributed by atoms with Crippen LogP contribution < -0.4 is 5.32 Å². The molecule has 2 rings (SSSR count). The molecule has 2 aliphatic carbocycles. The Morgan fingerprint density at radius 2 is 1.88 bits per heavy atom. The van der Waals surface area contributed by atoms with Gasteiger partial charge in [-0.1, -0.05) is 26.7 Å². The number of likely N-dealkylation sites (N-methyl/N-ethyl adjacent to an activating group) is 1. The summed E-state index contributed by atoms with van der Waals surface area (Å²) in [5.74, 6) is 2.99. The van der Waals surface area contributed by atoms with E-state index in [1.807, 2.05) is 0 Å². The molecule has 0 aromatic carbocycles. The molecule has 1 N–H and O–H groups in total. The van der Waals surface area contributed by atoms with Crippen molar-refractivity contribution in [1.82, 2.24) is 5.32 Å². The van der Waals surface area contributed by atoms with Gasteiger partial charge in [0.1, 0.15) is 0 Å².